The lowest BCUT2D eigenvalue weighted by atomic mass is 10.1. The lowest BCUT2D eigenvalue weighted by Gasteiger charge is -2.06. The van der Waals surface area contributed by atoms with Crippen LogP contribution in [-0.4, -0.2) is 4.62 Å². The van der Waals surface area contributed by atoms with Crippen LogP contribution in [0.1, 0.15) is 18.1 Å². The Hall–Kier alpha value is -0.900. The van der Waals surface area contributed by atoms with Crippen LogP contribution >= 0.6 is 15.9 Å². The second-order valence-corrected chi connectivity index (χ2v) is 3.73. The summed E-state index contributed by atoms with van der Waals surface area (Å²) in [7, 11) is 0. The zero-order valence-corrected chi connectivity index (χ0v) is 8.29. The summed E-state index contributed by atoms with van der Waals surface area (Å²) < 4.78 is 13.4. The average molecular weight is 244 g/mol. The molecule has 13 heavy (non-hydrogen) atoms. The summed E-state index contributed by atoms with van der Waals surface area (Å²) in [6.07, 6.45) is 0.640. The van der Waals surface area contributed by atoms with Gasteiger partial charge in [-0.1, -0.05) is 17.3 Å². The van der Waals surface area contributed by atoms with E-state index >= 15 is 0 Å². The molecule has 0 unspecified atom stereocenters. The van der Waals surface area contributed by atoms with Crippen molar-refractivity contribution in [3.8, 4) is 0 Å². The maximum Gasteiger partial charge on any atom is 0.158 e. The van der Waals surface area contributed by atoms with Crippen LogP contribution in [0.5, 0.6) is 0 Å². The molecular formula is C9H7BrFNO. The standard InChI is InChI=1S/C9H7BrFNO/c10-9-5-8(13-12-9)6-1-3-7(11)4-2-6/h1-4,8H,5H2/t8-/m1/s1. The molecule has 1 heterocycles. The van der Waals surface area contributed by atoms with E-state index in [1.165, 1.54) is 12.1 Å². The van der Waals surface area contributed by atoms with Crippen LogP contribution in [0.2, 0.25) is 0 Å². The zero-order valence-electron chi connectivity index (χ0n) is 6.71. The highest BCUT2D eigenvalue weighted by molar-refractivity contribution is 9.18. The third kappa shape index (κ3) is 1.88. The predicted molar refractivity (Wildman–Crippen MR) is 51.2 cm³/mol. The zero-order chi connectivity index (χ0) is 9.26. The number of hydrogen-bond acceptors (Lipinski definition) is 2. The fourth-order valence-electron chi connectivity index (χ4n) is 1.20. The lowest BCUT2D eigenvalue weighted by molar-refractivity contribution is 0.0857. The highest BCUT2D eigenvalue weighted by Gasteiger charge is 2.20. The van der Waals surface area contributed by atoms with Crippen LogP contribution in [0.25, 0.3) is 0 Å². The number of benzene rings is 1. The van der Waals surface area contributed by atoms with E-state index < -0.39 is 0 Å². The molecule has 68 valence electrons. The van der Waals surface area contributed by atoms with Crippen molar-refractivity contribution in [2.24, 2.45) is 5.16 Å². The maximum atomic E-state index is 12.6. The minimum Gasteiger partial charge on any atom is -0.386 e. The van der Waals surface area contributed by atoms with Crippen molar-refractivity contribution in [2.75, 3.05) is 0 Å². The molecule has 0 radical (unpaired) electrons. The summed E-state index contributed by atoms with van der Waals surface area (Å²) in [4.78, 5) is 5.11. The monoisotopic (exact) mass is 243 g/mol. The first kappa shape index (κ1) is 8.69. The first-order valence-electron chi connectivity index (χ1n) is 3.89. The molecule has 0 saturated heterocycles. The molecule has 0 spiro atoms. The van der Waals surface area contributed by atoms with Gasteiger partial charge >= 0.3 is 0 Å². The van der Waals surface area contributed by atoms with E-state index in [-0.39, 0.29) is 11.9 Å². The quantitative estimate of drug-likeness (QED) is 0.744. The molecule has 1 aliphatic rings. The fraction of sp³-hybridized carbons (Fsp3) is 0.222. The van der Waals surface area contributed by atoms with Gasteiger partial charge in [-0.15, -0.1) is 0 Å². The van der Waals surface area contributed by atoms with Crippen molar-refractivity contribution in [3.05, 3.63) is 35.6 Å². The van der Waals surface area contributed by atoms with E-state index in [2.05, 4.69) is 21.1 Å². The second-order valence-electron chi connectivity index (χ2n) is 2.82. The Bertz CT molecular complexity index is 336. The SMILES string of the molecule is Fc1ccc([C@H]2CC(Br)=NO2)cc1. The van der Waals surface area contributed by atoms with Gasteiger partial charge in [-0.3, -0.25) is 0 Å². The molecule has 0 aliphatic carbocycles. The molecule has 0 aromatic heterocycles. The molecule has 1 aliphatic heterocycles. The van der Waals surface area contributed by atoms with Crippen molar-refractivity contribution >= 4 is 20.6 Å². The Kier molecular flexibility index (Phi) is 2.31. The third-order valence-corrected chi connectivity index (χ3v) is 2.34. The topological polar surface area (TPSA) is 21.6 Å². The van der Waals surface area contributed by atoms with Crippen LogP contribution in [0.4, 0.5) is 4.39 Å². The number of halogens is 2. The summed E-state index contributed by atoms with van der Waals surface area (Å²) in [5.74, 6) is -0.235. The Morgan fingerprint density at radius 3 is 2.62 bits per heavy atom. The smallest absolute Gasteiger partial charge is 0.158 e. The largest absolute Gasteiger partial charge is 0.386 e. The number of nitrogens with zero attached hydrogens (tertiary/aromatic N) is 1. The number of hydrogen-bond donors (Lipinski definition) is 0. The normalized spacial score (nSPS) is 21.1. The van der Waals surface area contributed by atoms with Crippen LogP contribution < -0.4 is 0 Å². The van der Waals surface area contributed by atoms with E-state index in [1.807, 2.05) is 0 Å². The molecule has 0 saturated carbocycles. The first-order valence-corrected chi connectivity index (χ1v) is 4.68. The van der Waals surface area contributed by atoms with Gasteiger partial charge in [0.1, 0.15) is 10.4 Å². The summed E-state index contributed by atoms with van der Waals surface area (Å²) >= 11 is 3.24. The maximum absolute atomic E-state index is 12.6. The Morgan fingerprint density at radius 1 is 1.38 bits per heavy atom. The predicted octanol–water partition coefficient (Wildman–Crippen LogP) is 3.00. The average Bonchev–Trinajstić information content (AvgIpc) is 2.53. The molecule has 0 amide bonds. The molecule has 1 aromatic rings. The molecule has 1 atom stereocenters. The molecule has 4 heteroatoms. The van der Waals surface area contributed by atoms with Gasteiger partial charge in [0.2, 0.25) is 0 Å². The van der Waals surface area contributed by atoms with Gasteiger partial charge in [0.15, 0.2) is 6.10 Å². The number of rotatable bonds is 1. The van der Waals surface area contributed by atoms with Crippen molar-refractivity contribution in [2.45, 2.75) is 12.5 Å². The van der Waals surface area contributed by atoms with Gasteiger partial charge in [-0.25, -0.2) is 4.39 Å². The Morgan fingerprint density at radius 2 is 2.08 bits per heavy atom. The highest BCUT2D eigenvalue weighted by atomic mass is 79.9. The molecule has 0 N–H and O–H groups in total. The van der Waals surface area contributed by atoms with E-state index in [0.717, 1.165) is 10.2 Å². The van der Waals surface area contributed by atoms with E-state index in [0.29, 0.717) is 6.42 Å². The first-order chi connectivity index (χ1) is 6.25. The minimum atomic E-state index is -0.235. The Balaban J connectivity index is 2.14. The molecule has 1 aromatic carbocycles. The third-order valence-electron chi connectivity index (χ3n) is 1.87. The van der Waals surface area contributed by atoms with E-state index in [1.54, 1.807) is 12.1 Å². The molecular weight excluding hydrogens is 237 g/mol. The van der Waals surface area contributed by atoms with E-state index in [4.69, 9.17) is 4.84 Å². The van der Waals surface area contributed by atoms with Gasteiger partial charge < -0.3 is 4.84 Å². The van der Waals surface area contributed by atoms with Crippen molar-refractivity contribution < 1.29 is 9.23 Å². The minimum absolute atomic E-state index is 0.0741. The summed E-state index contributed by atoms with van der Waals surface area (Å²) in [5.41, 5.74) is 0.944. The summed E-state index contributed by atoms with van der Waals surface area (Å²) in [6.45, 7) is 0. The van der Waals surface area contributed by atoms with Crippen LogP contribution in [0, 0.1) is 5.82 Å². The van der Waals surface area contributed by atoms with Crippen LogP contribution in [-0.2, 0) is 4.84 Å². The second kappa shape index (κ2) is 3.46. The fourth-order valence-corrected chi connectivity index (χ4v) is 1.58. The summed E-state index contributed by atoms with van der Waals surface area (Å²) in [5, 5.41) is 3.76. The van der Waals surface area contributed by atoms with Gasteiger partial charge in [0, 0.05) is 6.42 Å². The van der Waals surface area contributed by atoms with E-state index in [9.17, 15) is 4.39 Å². The Labute approximate surface area is 83.5 Å². The number of oxime groups is 1. The molecule has 2 nitrogen and oxygen atoms in total. The van der Waals surface area contributed by atoms with Crippen molar-refractivity contribution in [3.63, 3.8) is 0 Å². The van der Waals surface area contributed by atoms with Gasteiger partial charge in [0.05, 0.1) is 0 Å². The summed E-state index contributed by atoms with van der Waals surface area (Å²) in [6, 6.07) is 6.26. The molecule has 2 rings (SSSR count). The molecule has 0 bridgehead atoms. The van der Waals surface area contributed by atoms with Crippen molar-refractivity contribution in [1.29, 1.82) is 0 Å². The van der Waals surface area contributed by atoms with Gasteiger partial charge in [-0.05, 0) is 33.6 Å². The van der Waals surface area contributed by atoms with Crippen LogP contribution in [0.3, 0.4) is 0 Å². The van der Waals surface area contributed by atoms with Crippen molar-refractivity contribution in [1.82, 2.24) is 0 Å². The van der Waals surface area contributed by atoms with Crippen LogP contribution in [0.15, 0.2) is 29.4 Å². The van der Waals surface area contributed by atoms with Gasteiger partial charge in [0.25, 0.3) is 0 Å². The van der Waals surface area contributed by atoms with Gasteiger partial charge in [-0.2, -0.15) is 0 Å². The highest BCUT2D eigenvalue weighted by Crippen LogP contribution is 2.28. The lowest BCUT2D eigenvalue weighted by Crippen LogP contribution is -1.96. The molecule has 0 fully saturated rings.